The minimum absolute atomic E-state index is 0.497. The van der Waals surface area contributed by atoms with Crippen molar-refractivity contribution in [2.45, 2.75) is 70.8 Å². The lowest BCUT2D eigenvalue weighted by Crippen LogP contribution is -2.38. The van der Waals surface area contributed by atoms with Gasteiger partial charge >= 0.3 is 0 Å². The molecule has 0 spiro atoms. The summed E-state index contributed by atoms with van der Waals surface area (Å²) >= 11 is 3.68. The molecule has 3 rings (SSSR count). The molecule has 1 aliphatic heterocycles. The van der Waals surface area contributed by atoms with Gasteiger partial charge in [0.25, 0.3) is 0 Å². The largest absolute Gasteiger partial charge is 0.355 e. The van der Waals surface area contributed by atoms with Crippen LogP contribution in [-0.4, -0.2) is 42.0 Å². The molecule has 1 aromatic rings. The fraction of sp³-hybridized carbons (Fsp3) is 0.714. The molecule has 1 saturated heterocycles. The van der Waals surface area contributed by atoms with Gasteiger partial charge in [0.2, 0.25) is 6.41 Å². The van der Waals surface area contributed by atoms with Gasteiger partial charge in [-0.15, -0.1) is 0 Å². The first-order valence-corrected chi connectivity index (χ1v) is 11.0. The van der Waals surface area contributed by atoms with E-state index in [-0.39, 0.29) is 0 Å². The summed E-state index contributed by atoms with van der Waals surface area (Å²) in [7, 11) is 0. The van der Waals surface area contributed by atoms with Crippen molar-refractivity contribution < 1.29 is 4.79 Å². The first kappa shape index (κ1) is 19.7. The van der Waals surface area contributed by atoms with Crippen LogP contribution in [0.1, 0.15) is 63.4 Å². The van der Waals surface area contributed by atoms with Crippen molar-refractivity contribution >= 4 is 28.2 Å². The van der Waals surface area contributed by atoms with Gasteiger partial charge in [-0.3, -0.25) is 4.79 Å². The fourth-order valence-electron chi connectivity index (χ4n) is 4.55. The summed E-state index contributed by atoms with van der Waals surface area (Å²) in [4.78, 5) is 20.6. The molecule has 2 aliphatic rings. The molecule has 1 aromatic heterocycles. The van der Waals surface area contributed by atoms with Crippen molar-refractivity contribution in [3.8, 4) is 0 Å². The van der Waals surface area contributed by atoms with Crippen LogP contribution in [0.4, 0.5) is 5.82 Å². The summed E-state index contributed by atoms with van der Waals surface area (Å²) in [5, 5.41) is 0. The van der Waals surface area contributed by atoms with Gasteiger partial charge in [-0.1, -0.05) is 19.3 Å². The molecule has 2 heterocycles. The SMILES string of the molecule is Cc1cnc(N2CCCC(CCCN(C=O)C3CCCCC3)C2)c(Br)c1. The third-order valence-electron chi connectivity index (χ3n) is 5.98. The summed E-state index contributed by atoms with van der Waals surface area (Å²) in [5.41, 5.74) is 1.19. The number of aryl methyl sites for hydroxylation is 1. The van der Waals surface area contributed by atoms with Gasteiger partial charge in [-0.05, 0) is 78.9 Å². The van der Waals surface area contributed by atoms with Crippen molar-refractivity contribution in [2.24, 2.45) is 5.92 Å². The van der Waals surface area contributed by atoms with E-state index < -0.39 is 0 Å². The average Bonchev–Trinajstić information content (AvgIpc) is 2.66. The number of carbonyl (C=O) groups is 1. The van der Waals surface area contributed by atoms with Gasteiger partial charge in [0.15, 0.2) is 0 Å². The highest BCUT2D eigenvalue weighted by molar-refractivity contribution is 9.10. The van der Waals surface area contributed by atoms with E-state index in [9.17, 15) is 4.79 Å². The fourth-order valence-corrected chi connectivity index (χ4v) is 5.26. The highest BCUT2D eigenvalue weighted by Gasteiger charge is 2.23. The van der Waals surface area contributed by atoms with Gasteiger partial charge in [0.1, 0.15) is 5.82 Å². The molecule has 0 N–H and O–H groups in total. The number of nitrogens with zero attached hydrogens (tertiary/aromatic N) is 3. The Morgan fingerprint density at radius 1 is 1.27 bits per heavy atom. The molecule has 1 atom stereocenters. The number of halogens is 1. The van der Waals surface area contributed by atoms with E-state index in [1.54, 1.807) is 0 Å². The number of piperidine rings is 1. The lowest BCUT2D eigenvalue weighted by molar-refractivity contribution is -0.120. The zero-order valence-electron chi connectivity index (χ0n) is 16.0. The van der Waals surface area contributed by atoms with Gasteiger partial charge < -0.3 is 9.80 Å². The topological polar surface area (TPSA) is 36.4 Å². The van der Waals surface area contributed by atoms with Crippen LogP contribution in [0.5, 0.6) is 0 Å². The van der Waals surface area contributed by atoms with Crippen LogP contribution in [0, 0.1) is 12.8 Å². The highest BCUT2D eigenvalue weighted by atomic mass is 79.9. The molecule has 4 nitrogen and oxygen atoms in total. The summed E-state index contributed by atoms with van der Waals surface area (Å²) in [6.07, 6.45) is 14.2. The van der Waals surface area contributed by atoms with Crippen molar-refractivity contribution in [2.75, 3.05) is 24.5 Å². The molecule has 5 heteroatoms. The Balaban J connectivity index is 1.48. The first-order valence-electron chi connectivity index (χ1n) is 10.3. The van der Waals surface area contributed by atoms with Crippen LogP contribution in [-0.2, 0) is 4.79 Å². The Morgan fingerprint density at radius 2 is 2.08 bits per heavy atom. The third kappa shape index (κ3) is 5.21. The summed E-state index contributed by atoms with van der Waals surface area (Å²) in [6.45, 7) is 5.18. The number of hydrogen-bond donors (Lipinski definition) is 0. The Morgan fingerprint density at radius 3 is 2.81 bits per heavy atom. The standard InChI is InChI=1S/C21H32BrN3O/c1-17-13-20(22)21(23-14-17)24-11-5-7-18(15-24)8-6-12-25(16-26)19-9-3-2-4-10-19/h13-14,16,18-19H,2-12,15H2,1H3. The van der Waals surface area contributed by atoms with Crippen LogP contribution < -0.4 is 4.90 Å². The normalized spacial score (nSPS) is 21.6. The van der Waals surface area contributed by atoms with E-state index in [1.807, 2.05) is 6.20 Å². The molecule has 0 aromatic carbocycles. The minimum Gasteiger partial charge on any atom is -0.355 e. The Hall–Kier alpha value is -1.10. The maximum absolute atomic E-state index is 11.5. The van der Waals surface area contributed by atoms with Crippen LogP contribution in [0.25, 0.3) is 0 Å². The Bertz CT molecular complexity index is 589. The second kappa shape index (κ2) is 9.72. The van der Waals surface area contributed by atoms with E-state index >= 15 is 0 Å². The molecule has 144 valence electrons. The number of pyridine rings is 1. The monoisotopic (exact) mass is 421 g/mol. The predicted molar refractivity (Wildman–Crippen MR) is 110 cm³/mol. The molecular formula is C21H32BrN3O. The van der Waals surface area contributed by atoms with E-state index in [0.29, 0.717) is 12.0 Å². The first-order chi connectivity index (χ1) is 12.7. The summed E-state index contributed by atoms with van der Waals surface area (Å²) < 4.78 is 1.10. The lowest BCUT2D eigenvalue weighted by Gasteiger charge is -2.35. The minimum atomic E-state index is 0.497. The maximum Gasteiger partial charge on any atom is 0.209 e. The van der Waals surface area contributed by atoms with E-state index in [0.717, 1.165) is 42.8 Å². The zero-order chi connectivity index (χ0) is 18.4. The molecule has 1 unspecified atom stereocenters. The van der Waals surface area contributed by atoms with E-state index in [4.69, 9.17) is 0 Å². The molecule has 26 heavy (non-hydrogen) atoms. The number of aromatic nitrogens is 1. The molecule has 1 amide bonds. The second-order valence-corrected chi connectivity index (χ2v) is 8.90. The maximum atomic E-state index is 11.5. The van der Waals surface area contributed by atoms with Crippen molar-refractivity contribution in [3.63, 3.8) is 0 Å². The van der Waals surface area contributed by atoms with E-state index in [1.165, 1.54) is 56.9 Å². The second-order valence-electron chi connectivity index (χ2n) is 8.05. The number of hydrogen-bond acceptors (Lipinski definition) is 3. The highest BCUT2D eigenvalue weighted by Crippen LogP contribution is 2.30. The summed E-state index contributed by atoms with van der Waals surface area (Å²) in [5.74, 6) is 1.79. The molecule has 1 aliphatic carbocycles. The molecule has 2 fully saturated rings. The van der Waals surface area contributed by atoms with Crippen molar-refractivity contribution in [3.05, 3.63) is 22.3 Å². The van der Waals surface area contributed by atoms with Crippen LogP contribution in [0.3, 0.4) is 0 Å². The van der Waals surface area contributed by atoms with Crippen LogP contribution in [0.2, 0.25) is 0 Å². The lowest BCUT2D eigenvalue weighted by atomic mass is 9.92. The van der Waals surface area contributed by atoms with Crippen LogP contribution in [0.15, 0.2) is 16.7 Å². The quantitative estimate of drug-likeness (QED) is 0.584. The number of anilines is 1. The van der Waals surface area contributed by atoms with Gasteiger partial charge in [0, 0.05) is 31.9 Å². The number of amides is 1. The zero-order valence-corrected chi connectivity index (χ0v) is 17.6. The smallest absolute Gasteiger partial charge is 0.209 e. The van der Waals surface area contributed by atoms with Crippen molar-refractivity contribution in [1.29, 1.82) is 0 Å². The Labute approximate surface area is 166 Å². The van der Waals surface area contributed by atoms with Crippen LogP contribution >= 0.6 is 15.9 Å². The Kier molecular flexibility index (Phi) is 7.35. The van der Waals surface area contributed by atoms with Gasteiger partial charge in [0.05, 0.1) is 4.47 Å². The summed E-state index contributed by atoms with van der Waals surface area (Å²) in [6, 6.07) is 2.65. The number of rotatable bonds is 7. The molecule has 0 radical (unpaired) electrons. The van der Waals surface area contributed by atoms with E-state index in [2.05, 4.69) is 43.7 Å². The molecule has 1 saturated carbocycles. The average molecular weight is 422 g/mol. The van der Waals surface area contributed by atoms with Gasteiger partial charge in [-0.2, -0.15) is 0 Å². The predicted octanol–water partition coefficient (Wildman–Crippen LogP) is 4.94. The molecule has 0 bridgehead atoms. The van der Waals surface area contributed by atoms with Crippen molar-refractivity contribution in [1.82, 2.24) is 9.88 Å². The third-order valence-corrected chi connectivity index (χ3v) is 6.57. The van der Waals surface area contributed by atoms with Gasteiger partial charge in [-0.25, -0.2) is 4.98 Å². The molecular weight excluding hydrogens is 390 g/mol. The number of carbonyl (C=O) groups excluding carboxylic acids is 1.